The van der Waals surface area contributed by atoms with Gasteiger partial charge in [0.15, 0.2) is 17.5 Å². The van der Waals surface area contributed by atoms with E-state index in [2.05, 4.69) is 5.32 Å². The van der Waals surface area contributed by atoms with Crippen molar-refractivity contribution < 1.29 is 22.7 Å². The van der Waals surface area contributed by atoms with Gasteiger partial charge in [0.25, 0.3) is 5.91 Å². The van der Waals surface area contributed by atoms with Crippen molar-refractivity contribution in [3.8, 4) is 0 Å². The number of carbonyl (C=O) groups is 1. The van der Waals surface area contributed by atoms with Gasteiger partial charge >= 0.3 is 0 Å². The van der Waals surface area contributed by atoms with Crippen LogP contribution in [0.2, 0.25) is 0 Å². The molecule has 1 aliphatic heterocycles. The summed E-state index contributed by atoms with van der Waals surface area (Å²) in [6.45, 7) is 0.912. The van der Waals surface area contributed by atoms with Gasteiger partial charge in [-0.3, -0.25) is 4.79 Å². The molecular formula is C11H10F3NO2. The predicted octanol–water partition coefficient (Wildman–Crippen LogP) is 1.62. The van der Waals surface area contributed by atoms with Crippen molar-refractivity contribution in [2.24, 2.45) is 0 Å². The Kier molecular flexibility index (Phi) is 3.33. The van der Waals surface area contributed by atoms with E-state index in [1.54, 1.807) is 0 Å². The predicted molar refractivity (Wildman–Crippen MR) is 53.0 cm³/mol. The molecule has 1 aromatic rings. The van der Waals surface area contributed by atoms with Gasteiger partial charge < -0.3 is 10.1 Å². The Morgan fingerprint density at radius 3 is 2.47 bits per heavy atom. The first-order chi connectivity index (χ1) is 8.08. The molecule has 0 aromatic heterocycles. The number of amides is 1. The molecule has 0 bridgehead atoms. The zero-order chi connectivity index (χ0) is 12.4. The third kappa shape index (κ3) is 2.58. The van der Waals surface area contributed by atoms with Crippen LogP contribution in [0.1, 0.15) is 16.8 Å². The van der Waals surface area contributed by atoms with Crippen molar-refractivity contribution in [2.45, 2.75) is 12.5 Å². The first-order valence-corrected chi connectivity index (χ1v) is 5.11. The number of halogens is 3. The number of benzene rings is 1. The molecule has 1 unspecified atom stereocenters. The molecule has 0 aliphatic carbocycles. The topological polar surface area (TPSA) is 38.3 Å². The first kappa shape index (κ1) is 11.9. The minimum atomic E-state index is -1.58. The molecular weight excluding hydrogens is 235 g/mol. The van der Waals surface area contributed by atoms with Crippen LogP contribution in [0.5, 0.6) is 0 Å². The zero-order valence-corrected chi connectivity index (χ0v) is 8.80. The fraction of sp³-hybridized carbons (Fsp3) is 0.364. The molecule has 1 aliphatic rings. The Bertz CT molecular complexity index is 421. The summed E-state index contributed by atoms with van der Waals surface area (Å²) in [6, 6.07) is 1.17. The molecule has 1 aromatic carbocycles. The normalized spacial score (nSPS) is 19.4. The highest BCUT2D eigenvalue weighted by Crippen LogP contribution is 2.14. The van der Waals surface area contributed by atoms with Crippen LogP contribution >= 0.6 is 0 Å². The van der Waals surface area contributed by atoms with Crippen molar-refractivity contribution in [2.75, 3.05) is 13.2 Å². The van der Waals surface area contributed by atoms with Crippen LogP contribution in [0, 0.1) is 17.5 Å². The van der Waals surface area contributed by atoms with Crippen LogP contribution in [-0.2, 0) is 4.74 Å². The summed E-state index contributed by atoms with van der Waals surface area (Å²) in [5, 5.41) is 2.55. The Morgan fingerprint density at radius 2 is 1.94 bits per heavy atom. The molecule has 1 N–H and O–H groups in total. The molecule has 0 spiro atoms. The van der Waals surface area contributed by atoms with E-state index in [0.29, 0.717) is 31.8 Å². The maximum absolute atomic E-state index is 12.9. The van der Waals surface area contributed by atoms with Gasteiger partial charge in [0.1, 0.15) is 0 Å². The van der Waals surface area contributed by atoms with Crippen LogP contribution in [0.15, 0.2) is 12.1 Å². The van der Waals surface area contributed by atoms with Gasteiger partial charge in [0.05, 0.1) is 12.6 Å². The van der Waals surface area contributed by atoms with Crippen LogP contribution in [-0.4, -0.2) is 25.2 Å². The summed E-state index contributed by atoms with van der Waals surface area (Å²) in [4.78, 5) is 11.6. The molecule has 1 saturated heterocycles. The van der Waals surface area contributed by atoms with E-state index in [9.17, 15) is 18.0 Å². The van der Waals surface area contributed by atoms with E-state index in [4.69, 9.17) is 4.74 Å². The molecule has 0 saturated carbocycles. The van der Waals surface area contributed by atoms with Gasteiger partial charge in [-0.15, -0.1) is 0 Å². The summed E-state index contributed by atoms with van der Waals surface area (Å²) in [6.07, 6.45) is 0.651. The van der Waals surface area contributed by atoms with Gasteiger partial charge in [-0.05, 0) is 18.6 Å². The van der Waals surface area contributed by atoms with E-state index < -0.39 is 23.4 Å². The van der Waals surface area contributed by atoms with E-state index in [-0.39, 0.29) is 11.6 Å². The first-order valence-electron chi connectivity index (χ1n) is 5.11. The summed E-state index contributed by atoms with van der Waals surface area (Å²) >= 11 is 0. The Balaban J connectivity index is 2.13. The molecule has 1 amide bonds. The second-order valence-corrected chi connectivity index (χ2v) is 3.79. The lowest BCUT2D eigenvalue weighted by Gasteiger charge is -2.10. The molecule has 2 rings (SSSR count). The lowest BCUT2D eigenvalue weighted by Crippen LogP contribution is -2.35. The maximum Gasteiger partial charge on any atom is 0.251 e. The number of rotatable bonds is 2. The highest BCUT2D eigenvalue weighted by molar-refractivity contribution is 5.94. The average molecular weight is 245 g/mol. The quantitative estimate of drug-likeness (QED) is 0.804. The fourth-order valence-corrected chi connectivity index (χ4v) is 1.60. The van der Waals surface area contributed by atoms with Crippen molar-refractivity contribution in [3.05, 3.63) is 35.1 Å². The summed E-state index contributed by atoms with van der Waals surface area (Å²) in [5.41, 5.74) is -0.242. The lowest BCUT2D eigenvalue weighted by molar-refractivity contribution is 0.0928. The van der Waals surface area contributed by atoms with Gasteiger partial charge in [-0.25, -0.2) is 13.2 Å². The Labute approximate surface area is 95.6 Å². The minimum absolute atomic E-state index is 0.168. The van der Waals surface area contributed by atoms with Crippen LogP contribution in [0.3, 0.4) is 0 Å². The second-order valence-electron chi connectivity index (χ2n) is 3.79. The zero-order valence-electron chi connectivity index (χ0n) is 8.80. The van der Waals surface area contributed by atoms with Crippen molar-refractivity contribution in [3.63, 3.8) is 0 Å². The van der Waals surface area contributed by atoms with Crippen LogP contribution < -0.4 is 5.32 Å². The van der Waals surface area contributed by atoms with E-state index >= 15 is 0 Å². The summed E-state index contributed by atoms with van der Waals surface area (Å²) in [7, 11) is 0. The molecule has 1 fully saturated rings. The molecule has 6 heteroatoms. The minimum Gasteiger partial charge on any atom is -0.379 e. The third-order valence-electron chi connectivity index (χ3n) is 2.51. The fourth-order valence-electron chi connectivity index (χ4n) is 1.60. The van der Waals surface area contributed by atoms with E-state index in [0.717, 1.165) is 0 Å². The lowest BCUT2D eigenvalue weighted by atomic mass is 10.1. The molecule has 0 radical (unpaired) electrons. The average Bonchev–Trinajstić information content (AvgIpc) is 2.77. The van der Waals surface area contributed by atoms with Gasteiger partial charge in [-0.2, -0.15) is 0 Å². The second kappa shape index (κ2) is 4.75. The highest BCUT2D eigenvalue weighted by atomic mass is 19.2. The molecule has 3 nitrogen and oxygen atoms in total. The summed E-state index contributed by atoms with van der Waals surface area (Å²) in [5.74, 6) is -4.97. The number of hydrogen-bond donors (Lipinski definition) is 1. The number of nitrogens with one attached hydrogen (secondary N) is 1. The van der Waals surface area contributed by atoms with Crippen LogP contribution in [0.25, 0.3) is 0 Å². The smallest absolute Gasteiger partial charge is 0.251 e. The van der Waals surface area contributed by atoms with Gasteiger partial charge in [0.2, 0.25) is 0 Å². The number of ether oxygens (including phenoxy) is 1. The molecule has 1 atom stereocenters. The van der Waals surface area contributed by atoms with E-state index in [1.165, 1.54) is 0 Å². The third-order valence-corrected chi connectivity index (χ3v) is 2.51. The van der Waals surface area contributed by atoms with E-state index in [1.807, 2.05) is 0 Å². The van der Waals surface area contributed by atoms with Gasteiger partial charge in [0, 0.05) is 12.2 Å². The maximum atomic E-state index is 12.9. The molecule has 17 heavy (non-hydrogen) atoms. The van der Waals surface area contributed by atoms with Crippen molar-refractivity contribution in [1.29, 1.82) is 0 Å². The largest absolute Gasteiger partial charge is 0.379 e. The monoisotopic (exact) mass is 245 g/mol. The molecule has 1 heterocycles. The highest BCUT2D eigenvalue weighted by Gasteiger charge is 2.20. The van der Waals surface area contributed by atoms with Gasteiger partial charge in [-0.1, -0.05) is 0 Å². The number of carbonyl (C=O) groups excluding carboxylic acids is 1. The molecule has 92 valence electrons. The van der Waals surface area contributed by atoms with Crippen molar-refractivity contribution >= 4 is 5.91 Å². The Hall–Kier alpha value is -1.56. The number of hydrogen-bond acceptors (Lipinski definition) is 2. The Morgan fingerprint density at radius 1 is 1.29 bits per heavy atom. The SMILES string of the molecule is O=C(NC1CCOC1)c1cc(F)c(F)c(F)c1. The van der Waals surface area contributed by atoms with Crippen molar-refractivity contribution in [1.82, 2.24) is 5.32 Å². The summed E-state index contributed by atoms with van der Waals surface area (Å²) < 4.78 is 43.5. The van der Waals surface area contributed by atoms with Crippen LogP contribution in [0.4, 0.5) is 13.2 Å². The standard InChI is InChI=1S/C11H10F3NO2/c12-8-3-6(4-9(13)10(8)14)11(16)15-7-1-2-17-5-7/h3-4,7H,1-2,5H2,(H,15,16).